The Morgan fingerprint density at radius 3 is 2.64 bits per heavy atom. The molecule has 0 aromatic heterocycles. The zero-order chi connectivity index (χ0) is 10.1. The molecule has 0 aliphatic heterocycles. The number of aliphatic hydroxyl groups is 1. The lowest BCUT2D eigenvalue weighted by Gasteiger charge is -2.11. The minimum absolute atomic E-state index is 0.109. The molecule has 4 heteroatoms. The van der Waals surface area contributed by atoms with E-state index in [4.69, 9.17) is 33.0 Å². The summed E-state index contributed by atoms with van der Waals surface area (Å²) in [5.74, 6) is 0.570. The maximum absolute atomic E-state index is 9.10. The van der Waals surface area contributed by atoms with E-state index in [1.165, 1.54) is 0 Å². The zero-order valence-electron chi connectivity index (χ0n) is 7.46. The van der Waals surface area contributed by atoms with Crippen molar-refractivity contribution < 1.29 is 9.84 Å². The van der Waals surface area contributed by atoms with Gasteiger partial charge in [0.25, 0.3) is 0 Å². The van der Waals surface area contributed by atoms with E-state index in [0.29, 0.717) is 21.4 Å². The predicted molar refractivity (Wildman–Crippen MR) is 56.0 cm³/mol. The molecule has 1 fully saturated rings. The molecule has 0 unspecified atom stereocenters. The average molecular weight is 233 g/mol. The lowest BCUT2D eigenvalue weighted by molar-refractivity contribution is 0.258. The van der Waals surface area contributed by atoms with Crippen LogP contribution in [0.1, 0.15) is 18.4 Å². The Morgan fingerprint density at radius 2 is 2.07 bits per heavy atom. The Kier molecular flexibility index (Phi) is 2.86. The number of ether oxygens (including phenoxy) is 1. The molecule has 1 aromatic rings. The van der Waals surface area contributed by atoms with Crippen LogP contribution in [0.5, 0.6) is 5.75 Å². The van der Waals surface area contributed by atoms with Gasteiger partial charge in [0, 0.05) is 10.6 Å². The molecule has 0 spiro atoms. The van der Waals surface area contributed by atoms with E-state index in [-0.39, 0.29) is 12.7 Å². The van der Waals surface area contributed by atoms with Crippen LogP contribution < -0.4 is 4.74 Å². The lowest BCUT2D eigenvalue weighted by atomic mass is 10.2. The van der Waals surface area contributed by atoms with Crippen molar-refractivity contribution in [3.63, 3.8) is 0 Å². The summed E-state index contributed by atoms with van der Waals surface area (Å²) in [4.78, 5) is 0. The maximum Gasteiger partial charge on any atom is 0.143 e. The second-order valence-corrected chi connectivity index (χ2v) is 4.19. The molecule has 1 aromatic carbocycles. The van der Waals surface area contributed by atoms with Crippen molar-refractivity contribution in [1.29, 1.82) is 0 Å². The number of halogens is 2. The molecule has 0 heterocycles. The van der Waals surface area contributed by atoms with Crippen molar-refractivity contribution in [2.45, 2.75) is 25.6 Å². The van der Waals surface area contributed by atoms with E-state index in [2.05, 4.69) is 0 Å². The summed E-state index contributed by atoms with van der Waals surface area (Å²) in [5, 5.41) is 10.1. The van der Waals surface area contributed by atoms with Gasteiger partial charge in [-0.15, -0.1) is 0 Å². The van der Waals surface area contributed by atoms with Gasteiger partial charge in [0.2, 0.25) is 0 Å². The Balaban J connectivity index is 2.33. The maximum atomic E-state index is 9.10. The SMILES string of the molecule is OCc1cc(Cl)cc(Cl)c1OC1CC1. The highest BCUT2D eigenvalue weighted by atomic mass is 35.5. The fourth-order valence-corrected chi connectivity index (χ4v) is 1.80. The van der Waals surface area contributed by atoms with E-state index >= 15 is 0 Å². The van der Waals surface area contributed by atoms with Crippen LogP contribution in [0.3, 0.4) is 0 Å². The van der Waals surface area contributed by atoms with Crippen LogP contribution in [0, 0.1) is 0 Å². The van der Waals surface area contributed by atoms with E-state index in [1.807, 2.05) is 0 Å². The monoisotopic (exact) mass is 232 g/mol. The highest BCUT2D eigenvalue weighted by Crippen LogP contribution is 2.36. The molecular weight excluding hydrogens is 223 g/mol. The fraction of sp³-hybridized carbons (Fsp3) is 0.400. The summed E-state index contributed by atoms with van der Waals surface area (Å²) in [6, 6.07) is 3.30. The van der Waals surface area contributed by atoms with Gasteiger partial charge in [-0.3, -0.25) is 0 Å². The molecule has 1 saturated carbocycles. The number of benzene rings is 1. The molecule has 2 rings (SSSR count). The normalized spacial score (nSPS) is 15.6. The van der Waals surface area contributed by atoms with Crippen molar-refractivity contribution in [3.05, 3.63) is 27.7 Å². The van der Waals surface area contributed by atoms with Gasteiger partial charge in [0.05, 0.1) is 17.7 Å². The Morgan fingerprint density at radius 1 is 1.36 bits per heavy atom. The first-order valence-electron chi connectivity index (χ1n) is 4.46. The Bertz CT molecular complexity index is 348. The van der Waals surface area contributed by atoms with E-state index in [1.54, 1.807) is 12.1 Å². The lowest BCUT2D eigenvalue weighted by Crippen LogP contribution is -2.00. The summed E-state index contributed by atoms with van der Waals surface area (Å²) >= 11 is 11.8. The highest BCUT2D eigenvalue weighted by Gasteiger charge is 2.25. The van der Waals surface area contributed by atoms with Gasteiger partial charge in [-0.1, -0.05) is 23.2 Å². The number of rotatable bonds is 3. The first-order valence-corrected chi connectivity index (χ1v) is 5.21. The Labute approximate surface area is 92.4 Å². The molecule has 76 valence electrons. The minimum Gasteiger partial charge on any atom is -0.488 e. The molecular formula is C10H10Cl2O2. The molecule has 0 amide bonds. The van der Waals surface area contributed by atoms with E-state index in [9.17, 15) is 0 Å². The second-order valence-electron chi connectivity index (χ2n) is 3.35. The molecule has 1 aliphatic carbocycles. The van der Waals surface area contributed by atoms with Crippen LogP contribution in [0.2, 0.25) is 10.0 Å². The van der Waals surface area contributed by atoms with Gasteiger partial charge in [-0.2, -0.15) is 0 Å². The van der Waals surface area contributed by atoms with Crippen LogP contribution in [0.4, 0.5) is 0 Å². The molecule has 0 bridgehead atoms. The third-order valence-corrected chi connectivity index (χ3v) is 2.56. The van der Waals surface area contributed by atoms with Crippen molar-refractivity contribution in [2.75, 3.05) is 0 Å². The summed E-state index contributed by atoms with van der Waals surface area (Å²) < 4.78 is 5.58. The molecule has 14 heavy (non-hydrogen) atoms. The van der Waals surface area contributed by atoms with Crippen molar-refractivity contribution >= 4 is 23.2 Å². The number of hydrogen-bond acceptors (Lipinski definition) is 2. The van der Waals surface area contributed by atoms with Gasteiger partial charge in [-0.05, 0) is 25.0 Å². The summed E-state index contributed by atoms with van der Waals surface area (Å²) in [7, 11) is 0. The average Bonchev–Trinajstić information content (AvgIpc) is 2.93. The number of hydrogen-bond donors (Lipinski definition) is 1. The topological polar surface area (TPSA) is 29.5 Å². The van der Waals surface area contributed by atoms with Crippen LogP contribution >= 0.6 is 23.2 Å². The zero-order valence-corrected chi connectivity index (χ0v) is 8.98. The number of aliphatic hydroxyl groups excluding tert-OH is 1. The largest absolute Gasteiger partial charge is 0.488 e. The molecule has 0 saturated heterocycles. The predicted octanol–water partition coefficient (Wildman–Crippen LogP) is 3.03. The highest BCUT2D eigenvalue weighted by molar-refractivity contribution is 6.35. The van der Waals surface area contributed by atoms with Crippen LogP contribution in [-0.2, 0) is 6.61 Å². The molecule has 2 nitrogen and oxygen atoms in total. The van der Waals surface area contributed by atoms with Crippen LogP contribution in [0.15, 0.2) is 12.1 Å². The molecule has 0 radical (unpaired) electrons. The van der Waals surface area contributed by atoms with Gasteiger partial charge in [-0.25, -0.2) is 0 Å². The third-order valence-electron chi connectivity index (χ3n) is 2.06. The van der Waals surface area contributed by atoms with Crippen molar-refractivity contribution in [1.82, 2.24) is 0 Å². The summed E-state index contributed by atoms with van der Waals surface area (Å²) in [6.07, 6.45) is 2.38. The molecule has 1 aliphatic rings. The van der Waals surface area contributed by atoms with Gasteiger partial charge in [0.15, 0.2) is 0 Å². The second kappa shape index (κ2) is 3.97. The molecule has 0 atom stereocenters. The first kappa shape index (κ1) is 10.1. The van der Waals surface area contributed by atoms with Crippen molar-refractivity contribution in [3.8, 4) is 5.75 Å². The standard InChI is InChI=1S/C10H10Cl2O2/c11-7-3-6(5-13)10(9(12)4-7)14-8-1-2-8/h3-4,8,13H,1-2,5H2. The third kappa shape index (κ3) is 2.14. The van der Waals surface area contributed by atoms with Gasteiger partial charge < -0.3 is 9.84 Å². The minimum atomic E-state index is -0.109. The quantitative estimate of drug-likeness (QED) is 0.869. The van der Waals surface area contributed by atoms with Crippen molar-refractivity contribution in [2.24, 2.45) is 0 Å². The summed E-state index contributed by atoms with van der Waals surface area (Å²) in [5.41, 5.74) is 0.648. The first-order chi connectivity index (χ1) is 6.70. The van der Waals surface area contributed by atoms with E-state index in [0.717, 1.165) is 12.8 Å². The van der Waals surface area contributed by atoms with Crippen LogP contribution in [0.25, 0.3) is 0 Å². The smallest absolute Gasteiger partial charge is 0.143 e. The van der Waals surface area contributed by atoms with E-state index < -0.39 is 0 Å². The fourth-order valence-electron chi connectivity index (χ4n) is 1.22. The Hall–Kier alpha value is -0.440. The van der Waals surface area contributed by atoms with Gasteiger partial charge >= 0.3 is 0 Å². The molecule has 1 N–H and O–H groups in total. The van der Waals surface area contributed by atoms with Gasteiger partial charge in [0.1, 0.15) is 5.75 Å². The summed E-state index contributed by atoms with van der Waals surface area (Å²) in [6.45, 7) is -0.109. The van der Waals surface area contributed by atoms with Crippen LogP contribution in [-0.4, -0.2) is 11.2 Å².